The normalized spacial score (nSPS) is 16.7. The standard InChI is InChI=1S/C34H33NO5S/c1-6-39-27-17-12-22(20-26(27)34(3,4)5)31(36)29-30(28-11-8-18-41-28)35(33(38)32(29)37)23-13-15-24(16-14-23)40-25-10-7-9-21(2)19-25/h7-20,30,36H,6H2,1-5H3/b31-29-. The number of Topliss-reactive ketones (excluding diaryl/α,β-unsaturated/α-hetero) is 1. The Bertz CT molecular complexity index is 1610. The first-order valence-electron chi connectivity index (χ1n) is 13.5. The molecule has 1 atom stereocenters. The molecule has 1 aliphatic heterocycles. The number of aliphatic hydroxyl groups is 1. The van der Waals surface area contributed by atoms with Gasteiger partial charge in [0.2, 0.25) is 0 Å². The minimum atomic E-state index is -0.775. The molecule has 0 radical (unpaired) electrons. The average Bonchev–Trinajstić information content (AvgIpc) is 3.55. The van der Waals surface area contributed by atoms with Gasteiger partial charge in [-0.15, -0.1) is 11.3 Å². The molecule has 5 rings (SSSR count). The van der Waals surface area contributed by atoms with Crippen LogP contribution in [0.3, 0.4) is 0 Å². The van der Waals surface area contributed by atoms with Crippen molar-refractivity contribution in [2.45, 2.75) is 46.1 Å². The zero-order valence-corrected chi connectivity index (χ0v) is 24.6. The van der Waals surface area contributed by atoms with Crippen molar-refractivity contribution >= 4 is 34.5 Å². The number of aliphatic hydroxyl groups excluding tert-OH is 1. The summed E-state index contributed by atoms with van der Waals surface area (Å²) in [5, 5.41) is 13.5. The number of aryl methyl sites for hydroxylation is 1. The number of ketones is 1. The van der Waals surface area contributed by atoms with Gasteiger partial charge in [-0.05, 0) is 90.9 Å². The Kier molecular flexibility index (Phi) is 7.74. The monoisotopic (exact) mass is 567 g/mol. The van der Waals surface area contributed by atoms with Crippen molar-refractivity contribution in [1.29, 1.82) is 0 Å². The van der Waals surface area contributed by atoms with Crippen LogP contribution in [0.25, 0.3) is 5.76 Å². The van der Waals surface area contributed by atoms with E-state index in [9.17, 15) is 14.7 Å². The molecular weight excluding hydrogens is 534 g/mol. The molecular formula is C34H33NO5S. The second-order valence-electron chi connectivity index (χ2n) is 11.0. The van der Waals surface area contributed by atoms with E-state index in [-0.39, 0.29) is 16.7 Å². The van der Waals surface area contributed by atoms with Crippen LogP contribution in [0.2, 0.25) is 0 Å². The number of nitrogens with zero attached hydrogens (tertiary/aromatic N) is 1. The summed E-state index contributed by atoms with van der Waals surface area (Å²) in [5.74, 6) is 0.401. The Morgan fingerprint density at radius 3 is 2.34 bits per heavy atom. The molecule has 2 heterocycles. The SMILES string of the molecule is CCOc1ccc(/C(O)=C2/C(=O)C(=O)N(c3ccc(Oc4cccc(C)c4)cc3)C2c2cccs2)cc1C(C)(C)C. The van der Waals surface area contributed by atoms with E-state index in [1.165, 1.54) is 16.2 Å². The fourth-order valence-corrected chi connectivity index (χ4v) is 5.83. The highest BCUT2D eigenvalue weighted by molar-refractivity contribution is 7.10. The summed E-state index contributed by atoms with van der Waals surface area (Å²) in [4.78, 5) is 29.3. The number of anilines is 1. The number of amides is 1. The molecule has 0 aliphatic carbocycles. The van der Waals surface area contributed by atoms with Crippen molar-refractivity contribution in [2.75, 3.05) is 11.5 Å². The second kappa shape index (κ2) is 11.3. The summed E-state index contributed by atoms with van der Waals surface area (Å²) in [6.07, 6.45) is 0. The van der Waals surface area contributed by atoms with Gasteiger partial charge >= 0.3 is 0 Å². The molecule has 4 aromatic rings. The quantitative estimate of drug-likeness (QED) is 0.138. The molecule has 0 saturated carbocycles. The van der Waals surface area contributed by atoms with Gasteiger partial charge in [0, 0.05) is 21.7 Å². The third kappa shape index (κ3) is 5.63. The van der Waals surface area contributed by atoms with Gasteiger partial charge in [0.25, 0.3) is 11.7 Å². The summed E-state index contributed by atoms with van der Waals surface area (Å²) in [6, 6.07) is 23.1. The van der Waals surface area contributed by atoms with E-state index in [0.717, 1.165) is 21.8 Å². The molecule has 41 heavy (non-hydrogen) atoms. The first kappa shape index (κ1) is 28.2. The van der Waals surface area contributed by atoms with E-state index in [1.54, 1.807) is 30.3 Å². The number of rotatable bonds is 7. The average molecular weight is 568 g/mol. The molecule has 1 saturated heterocycles. The number of ether oxygens (including phenoxy) is 2. The van der Waals surface area contributed by atoms with Crippen LogP contribution in [0.1, 0.15) is 55.3 Å². The van der Waals surface area contributed by atoms with E-state index in [4.69, 9.17) is 9.47 Å². The molecule has 1 N–H and O–H groups in total. The molecule has 1 aromatic heterocycles. The first-order chi connectivity index (χ1) is 19.6. The van der Waals surface area contributed by atoms with Gasteiger partial charge in [-0.1, -0.05) is 39.0 Å². The Morgan fingerprint density at radius 1 is 0.951 bits per heavy atom. The fraction of sp³-hybridized carbons (Fsp3) is 0.235. The van der Waals surface area contributed by atoms with Crippen LogP contribution in [0.4, 0.5) is 5.69 Å². The molecule has 0 spiro atoms. The lowest BCUT2D eigenvalue weighted by Crippen LogP contribution is -2.29. The second-order valence-corrected chi connectivity index (χ2v) is 12.0. The van der Waals surface area contributed by atoms with Gasteiger partial charge in [-0.2, -0.15) is 0 Å². The molecule has 1 amide bonds. The van der Waals surface area contributed by atoms with E-state index in [2.05, 4.69) is 20.8 Å². The molecule has 1 fully saturated rings. The van der Waals surface area contributed by atoms with Gasteiger partial charge in [-0.3, -0.25) is 14.5 Å². The van der Waals surface area contributed by atoms with Crippen LogP contribution in [-0.4, -0.2) is 23.4 Å². The van der Waals surface area contributed by atoms with Gasteiger partial charge in [0.05, 0.1) is 12.2 Å². The van der Waals surface area contributed by atoms with Crippen molar-refractivity contribution in [3.05, 3.63) is 111 Å². The third-order valence-corrected chi connectivity index (χ3v) is 7.88. The van der Waals surface area contributed by atoms with Crippen molar-refractivity contribution in [2.24, 2.45) is 0 Å². The predicted octanol–water partition coefficient (Wildman–Crippen LogP) is 8.17. The summed E-state index contributed by atoms with van der Waals surface area (Å²) in [7, 11) is 0. The number of benzene rings is 3. The van der Waals surface area contributed by atoms with E-state index >= 15 is 0 Å². The van der Waals surface area contributed by atoms with Crippen molar-refractivity contribution in [3.63, 3.8) is 0 Å². The van der Waals surface area contributed by atoms with Crippen molar-refractivity contribution in [1.82, 2.24) is 0 Å². The summed E-state index contributed by atoms with van der Waals surface area (Å²) >= 11 is 1.43. The molecule has 3 aromatic carbocycles. The molecule has 1 aliphatic rings. The van der Waals surface area contributed by atoms with Gasteiger partial charge in [-0.25, -0.2) is 0 Å². The van der Waals surface area contributed by atoms with Crippen LogP contribution in [0.5, 0.6) is 17.2 Å². The smallest absolute Gasteiger partial charge is 0.300 e. The summed E-state index contributed by atoms with van der Waals surface area (Å²) in [5.41, 5.74) is 2.75. The van der Waals surface area contributed by atoms with Gasteiger partial charge in [0.15, 0.2) is 0 Å². The van der Waals surface area contributed by atoms with Crippen LogP contribution in [0.15, 0.2) is 89.8 Å². The summed E-state index contributed by atoms with van der Waals surface area (Å²) < 4.78 is 11.8. The maximum atomic E-state index is 13.5. The number of hydrogen-bond acceptors (Lipinski definition) is 6. The minimum absolute atomic E-state index is 0.0570. The zero-order valence-electron chi connectivity index (χ0n) is 23.8. The van der Waals surface area contributed by atoms with Gasteiger partial charge in [0.1, 0.15) is 29.0 Å². The van der Waals surface area contributed by atoms with Gasteiger partial charge < -0.3 is 14.6 Å². The predicted molar refractivity (Wildman–Crippen MR) is 163 cm³/mol. The van der Waals surface area contributed by atoms with E-state index in [0.29, 0.717) is 29.4 Å². The molecule has 7 heteroatoms. The van der Waals surface area contributed by atoms with Crippen LogP contribution in [-0.2, 0) is 15.0 Å². The lowest BCUT2D eigenvalue weighted by Gasteiger charge is -2.25. The number of thiophene rings is 1. The Hall–Kier alpha value is -4.36. The lowest BCUT2D eigenvalue weighted by atomic mass is 9.84. The maximum Gasteiger partial charge on any atom is 0.300 e. The van der Waals surface area contributed by atoms with Crippen molar-refractivity contribution in [3.8, 4) is 17.2 Å². The number of carbonyl (C=O) groups is 2. The Morgan fingerprint density at radius 2 is 1.71 bits per heavy atom. The number of hydrogen-bond donors (Lipinski definition) is 1. The lowest BCUT2D eigenvalue weighted by molar-refractivity contribution is -0.132. The van der Waals surface area contributed by atoms with Crippen LogP contribution in [0, 0.1) is 6.92 Å². The highest BCUT2D eigenvalue weighted by Gasteiger charge is 2.47. The molecule has 0 bridgehead atoms. The topological polar surface area (TPSA) is 76.1 Å². The Labute approximate surface area is 244 Å². The van der Waals surface area contributed by atoms with E-state index < -0.39 is 17.7 Å². The molecule has 1 unspecified atom stereocenters. The highest BCUT2D eigenvalue weighted by atomic mass is 32.1. The highest BCUT2D eigenvalue weighted by Crippen LogP contribution is 2.44. The van der Waals surface area contributed by atoms with Crippen LogP contribution < -0.4 is 14.4 Å². The fourth-order valence-electron chi connectivity index (χ4n) is 5.00. The van der Waals surface area contributed by atoms with Crippen LogP contribution >= 0.6 is 11.3 Å². The Balaban J connectivity index is 1.57. The largest absolute Gasteiger partial charge is 0.507 e. The maximum absolute atomic E-state index is 13.5. The van der Waals surface area contributed by atoms with Crippen molar-refractivity contribution < 1.29 is 24.2 Å². The zero-order chi connectivity index (χ0) is 29.3. The minimum Gasteiger partial charge on any atom is -0.507 e. The summed E-state index contributed by atoms with van der Waals surface area (Å²) in [6.45, 7) is 10.6. The number of carbonyl (C=O) groups excluding carboxylic acids is 2. The first-order valence-corrected chi connectivity index (χ1v) is 14.4. The third-order valence-electron chi connectivity index (χ3n) is 6.96. The molecule has 6 nitrogen and oxygen atoms in total. The molecule has 210 valence electrons. The van der Waals surface area contributed by atoms with E-state index in [1.807, 2.05) is 67.8 Å².